The van der Waals surface area contributed by atoms with Crippen LogP contribution in [0.5, 0.6) is 0 Å². The average Bonchev–Trinajstić information content (AvgIpc) is 2.83. The summed E-state index contributed by atoms with van der Waals surface area (Å²) in [5.74, 6) is -0.609. The van der Waals surface area contributed by atoms with E-state index in [0.29, 0.717) is 11.1 Å². The van der Waals surface area contributed by atoms with Crippen LogP contribution in [-0.4, -0.2) is 31.3 Å². The van der Waals surface area contributed by atoms with Gasteiger partial charge in [-0.1, -0.05) is 17.3 Å². The molecule has 0 saturated carbocycles. The van der Waals surface area contributed by atoms with Gasteiger partial charge in [0.2, 0.25) is 0 Å². The topological polar surface area (TPSA) is 102 Å². The predicted molar refractivity (Wildman–Crippen MR) is 55.8 cm³/mol. The molecule has 1 aromatic heterocycles. The summed E-state index contributed by atoms with van der Waals surface area (Å²) >= 11 is 0. The van der Waals surface area contributed by atoms with Crippen molar-refractivity contribution in [1.29, 1.82) is 0 Å². The molecule has 8 heteroatoms. The molecule has 0 atom stereocenters. The maximum atomic E-state index is 13.7. The van der Waals surface area contributed by atoms with Gasteiger partial charge >= 0.3 is 0 Å². The molecular formula is C9H9FN6O. The summed E-state index contributed by atoms with van der Waals surface area (Å²) < 4.78 is 15.1. The summed E-state index contributed by atoms with van der Waals surface area (Å²) in [5, 5.41) is 21.8. The number of nitrogens with zero attached hydrogens (tertiary/aromatic N) is 5. The van der Waals surface area contributed by atoms with E-state index < -0.39 is 5.82 Å². The van der Waals surface area contributed by atoms with Gasteiger partial charge in [-0.15, -0.1) is 5.10 Å². The second-order valence-corrected chi connectivity index (χ2v) is 3.30. The van der Waals surface area contributed by atoms with Crippen LogP contribution >= 0.6 is 0 Å². The molecule has 0 aliphatic heterocycles. The quantitative estimate of drug-likeness (QED) is 0.337. The summed E-state index contributed by atoms with van der Waals surface area (Å²) in [6, 6.07) is 4.27. The van der Waals surface area contributed by atoms with Gasteiger partial charge in [0.25, 0.3) is 0 Å². The van der Waals surface area contributed by atoms with Crippen molar-refractivity contribution in [2.45, 2.75) is 6.54 Å². The van der Waals surface area contributed by atoms with Gasteiger partial charge in [-0.25, -0.2) is 9.07 Å². The van der Waals surface area contributed by atoms with Crippen LogP contribution in [0.2, 0.25) is 0 Å². The average molecular weight is 236 g/mol. The Bertz CT molecular complexity index is 538. The van der Waals surface area contributed by atoms with Crippen molar-refractivity contribution in [3.8, 4) is 0 Å². The van der Waals surface area contributed by atoms with E-state index in [1.807, 2.05) is 0 Å². The number of oxime groups is 1. The zero-order valence-electron chi connectivity index (χ0n) is 8.66. The number of halogens is 1. The zero-order chi connectivity index (χ0) is 12.3. The van der Waals surface area contributed by atoms with Crippen LogP contribution in [0.4, 0.5) is 4.39 Å². The monoisotopic (exact) mass is 236 g/mol. The first-order valence-electron chi connectivity index (χ1n) is 4.68. The van der Waals surface area contributed by atoms with Gasteiger partial charge in [-0.3, -0.25) is 0 Å². The van der Waals surface area contributed by atoms with Crippen LogP contribution in [0.3, 0.4) is 0 Å². The van der Waals surface area contributed by atoms with Gasteiger partial charge in [-0.05, 0) is 16.5 Å². The Kier molecular flexibility index (Phi) is 2.95. The third-order valence-electron chi connectivity index (χ3n) is 2.18. The Morgan fingerprint density at radius 2 is 2.35 bits per heavy atom. The summed E-state index contributed by atoms with van der Waals surface area (Å²) in [7, 11) is 0. The van der Waals surface area contributed by atoms with Crippen molar-refractivity contribution < 1.29 is 9.60 Å². The summed E-state index contributed by atoms with van der Waals surface area (Å²) in [5.41, 5.74) is 6.06. The van der Waals surface area contributed by atoms with Crippen LogP contribution in [0.25, 0.3) is 0 Å². The van der Waals surface area contributed by atoms with E-state index in [0.717, 1.165) is 0 Å². The van der Waals surface area contributed by atoms with Gasteiger partial charge in [0.1, 0.15) is 12.1 Å². The van der Waals surface area contributed by atoms with E-state index in [4.69, 9.17) is 10.9 Å². The Hall–Kier alpha value is -2.51. The molecule has 0 aliphatic carbocycles. The highest BCUT2D eigenvalue weighted by Gasteiger charge is 2.07. The van der Waals surface area contributed by atoms with Crippen molar-refractivity contribution >= 4 is 5.84 Å². The van der Waals surface area contributed by atoms with Crippen molar-refractivity contribution in [2.75, 3.05) is 0 Å². The van der Waals surface area contributed by atoms with Gasteiger partial charge < -0.3 is 10.9 Å². The Morgan fingerprint density at radius 1 is 1.53 bits per heavy atom. The molecule has 7 nitrogen and oxygen atoms in total. The highest BCUT2D eigenvalue weighted by molar-refractivity contribution is 5.97. The predicted octanol–water partition coefficient (Wildman–Crippen LogP) is -0.0450. The molecule has 17 heavy (non-hydrogen) atoms. The molecule has 0 spiro atoms. The van der Waals surface area contributed by atoms with Crippen LogP contribution < -0.4 is 5.73 Å². The second-order valence-electron chi connectivity index (χ2n) is 3.30. The number of hydrogen-bond acceptors (Lipinski definition) is 5. The van der Waals surface area contributed by atoms with Crippen LogP contribution in [-0.2, 0) is 6.54 Å². The largest absolute Gasteiger partial charge is 0.409 e. The van der Waals surface area contributed by atoms with E-state index in [1.54, 1.807) is 6.07 Å². The fraction of sp³-hybridized carbons (Fsp3) is 0.111. The zero-order valence-corrected chi connectivity index (χ0v) is 8.66. The van der Waals surface area contributed by atoms with E-state index in [1.165, 1.54) is 23.1 Å². The molecule has 2 aromatic rings. The van der Waals surface area contributed by atoms with E-state index >= 15 is 0 Å². The molecular weight excluding hydrogens is 227 g/mol. The van der Waals surface area contributed by atoms with E-state index in [9.17, 15) is 4.39 Å². The molecule has 0 bridgehead atoms. The van der Waals surface area contributed by atoms with E-state index in [-0.39, 0.29) is 12.4 Å². The maximum Gasteiger partial charge on any atom is 0.170 e. The number of rotatable bonds is 3. The lowest BCUT2D eigenvalue weighted by molar-refractivity contribution is 0.318. The fourth-order valence-corrected chi connectivity index (χ4v) is 1.32. The number of nitrogens with two attached hydrogens (primary N) is 1. The van der Waals surface area contributed by atoms with Crippen LogP contribution in [0, 0.1) is 5.82 Å². The van der Waals surface area contributed by atoms with Crippen molar-refractivity contribution in [3.05, 3.63) is 41.5 Å². The smallest absolute Gasteiger partial charge is 0.170 e. The van der Waals surface area contributed by atoms with Gasteiger partial charge in [0.05, 0.1) is 6.54 Å². The lowest BCUT2D eigenvalue weighted by Crippen LogP contribution is -2.14. The SMILES string of the molecule is NC(=NO)c1ccc(Cn2cnnn2)c(F)c1. The van der Waals surface area contributed by atoms with Crippen molar-refractivity contribution in [3.63, 3.8) is 0 Å². The standard InChI is InChI=1S/C9H9FN6O/c10-8-3-6(9(11)13-17)1-2-7(8)4-16-5-12-14-15-16/h1-3,5,17H,4H2,(H2,11,13). The molecule has 88 valence electrons. The molecule has 1 aromatic carbocycles. The lowest BCUT2D eigenvalue weighted by atomic mass is 10.1. The third kappa shape index (κ3) is 2.36. The van der Waals surface area contributed by atoms with Gasteiger partial charge in [0, 0.05) is 11.1 Å². The number of aromatic nitrogens is 4. The maximum absolute atomic E-state index is 13.7. The number of hydrogen-bond donors (Lipinski definition) is 2. The molecule has 0 aliphatic rings. The van der Waals surface area contributed by atoms with E-state index in [2.05, 4.69) is 20.7 Å². The second kappa shape index (κ2) is 4.56. The van der Waals surface area contributed by atoms with Crippen LogP contribution in [0.1, 0.15) is 11.1 Å². The Labute approximate surface area is 95.4 Å². The number of amidine groups is 1. The first kappa shape index (κ1) is 11.0. The molecule has 3 N–H and O–H groups in total. The molecule has 1 heterocycles. The highest BCUT2D eigenvalue weighted by atomic mass is 19.1. The molecule has 0 amide bonds. The molecule has 2 rings (SSSR count). The molecule has 0 radical (unpaired) electrons. The van der Waals surface area contributed by atoms with Crippen molar-refractivity contribution in [1.82, 2.24) is 20.2 Å². The minimum atomic E-state index is -0.468. The minimum absolute atomic E-state index is 0.141. The third-order valence-corrected chi connectivity index (χ3v) is 2.18. The summed E-state index contributed by atoms with van der Waals surface area (Å²) in [6.07, 6.45) is 1.39. The normalized spacial score (nSPS) is 11.7. The highest BCUT2D eigenvalue weighted by Crippen LogP contribution is 2.11. The molecule has 0 fully saturated rings. The van der Waals surface area contributed by atoms with Crippen molar-refractivity contribution in [2.24, 2.45) is 10.9 Å². The Morgan fingerprint density at radius 3 is 2.94 bits per heavy atom. The summed E-state index contributed by atoms with van der Waals surface area (Å²) in [6.45, 7) is 0.218. The summed E-state index contributed by atoms with van der Waals surface area (Å²) in [4.78, 5) is 0. The number of benzene rings is 1. The van der Waals surface area contributed by atoms with Crippen LogP contribution in [0.15, 0.2) is 29.7 Å². The van der Waals surface area contributed by atoms with Gasteiger partial charge in [-0.2, -0.15) is 0 Å². The number of tetrazole rings is 1. The van der Waals surface area contributed by atoms with Gasteiger partial charge in [0.15, 0.2) is 5.84 Å². The Balaban J connectivity index is 2.26. The molecule has 0 saturated heterocycles. The minimum Gasteiger partial charge on any atom is -0.409 e. The fourth-order valence-electron chi connectivity index (χ4n) is 1.32. The first-order chi connectivity index (χ1) is 8.20. The lowest BCUT2D eigenvalue weighted by Gasteiger charge is -2.04. The molecule has 0 unspecified atom stereocenters. The first-order valence-corrected chi connectivity index (χ1v) is 4.68.